The molecule has 0 aliphatic heterocycles. The normalized spacial score (nSPS) is 12.0. The molecule has 1 aromatic carbocycles. The molecule has 1 rings (SSSR count). The molecule has 0 aliphatic rings. The van der Waals surface area contributed by atoms with Crippen molar-refractivity contribution in [1.82, 2.24) is 4.90 Å². The van der Waals surface area contributed by atoms with Gasteiger partial charge in [-0.15, -0.1) is 0 Å². The largest absolute Gasteiger partial charge is 0.326 e. The van der Waals surface area contributed by atoms with Gasteiger partial charge in [-0.3, -0.25) is 9.59 Å². The first-order chi connectivity index (χ1) is 10.9. The minimum absolute atomic E-state index is 0.0328. The van der Waals surface area contributed by atoms with Crippen LogP contribution in [0.3, 0.4) is 0 Å². The number of hydrogen-bond acceptors (Lipinski definition) is 5. The summed E-state index contributed by atoms with van der Waals surface area (Å²) in [6, 6.07) is 6.52. The molecule has 0 saturated carbocycles. The molecule has 6 nitrogen and oxygen atoms in total. The lowest BCUT2D eigenvalue weighted by Crippen LogP contribution is -2.36. The van der Waals surface area contributed by atoms with Gasteiger partial charge < -0.3 is 21.3 Å². The van der Waals surface area contributed by atoms with E-state index in [0.717, 1.165) is 5.75 Å². The quantitative estimate of drug-likeness (QED) is 0.636. The van der Waals surface area contributed by atoms with Crippen LogP contribution in [0.1, 0.15) is 12.8 Å². The van der Waals surface area contributed by atoms with Gasteiger partial charge in [0, 0.05) is 24.3 Å². The summed E-state index contributed by atoms with van der Waals surface area (Å²) in [5.41, 5.74) is 7.19. The number of carbonyl (C=O) groups is 2. The van der Waals surface area contributed by atoms with Crippen LogP contribution < -0.4 is 16.4 Å². The fraction of sp³-hybridized carbons (Fsp3) is 0.500. The van der Waals surface area contributed by atoms with Gasteiger partial charge in [0.2, 0.25) is 11.8 Å². The smallest absolute Gasteiger partial charge is 0.241 e. The third kappa shape index (κ3) is 8.01. The van der Waals surface area contributed by atoms with Crippen molar-refractivity contribution in [3.05, 3.63) is 24.3 Å². The molecule has 0 unspecified atom stereocenters. The lowest BCUT2D eigenvalue weighted by Gasteiger charge is -2.12. The number of thioether (sulfide) groups is 1. The minimum Gasteiger partial charge on any atom is -0.326 e. The maximum Gasteiger partial charge on any atom is 0.241 e. The van der Waals surface area contributed by atoms with Crippen molar-refractivity contribution < 1.29 is 9.59 Å². The van der Waals surface area contributed by atoms with Crippen LogP contribution in [0.4, 0.5) is 11.4 Å². The van der Waals surface area contributed by atoms with Crippen molar-refractivity contribution in [1.29, 1.82) is 0 Å². The zero-order valence-electron chi connectivity index (χ0n) is 14.0. The van der Waals surface area contributed by atoms with Crippen LogP contribution in [0, 0.1) is 0 Å². The van der Waals surface area contributed by atoms with Crippen molar-refractivity contribution in [3.8, 4) is 0 Å². The zero-order valence-corrected chi connectivity index (χ0v) is 14.8. The Hall–Kier alpha value is -1.57. The maximum atomic E-state index is 11.9. The van der Waals surface area contributed by atoms with E-state index in [9.17, 15) is 9.59 Å². The third-order valence-corrected chi connectivity index (χ3v) is 3.84. The number of rotatable bonds is 9. The van der Waals surface area contributed by atoms with E-state index < -0.39 is 6.04 Å². The van der Waals surface area contributed by atoms with Crippen molar-refractivity contribution in [3.63, 3.8) is 0 Å². The molecule has 0 aromatic heterocycles. The number of benzene rings is 1. The van der Waals surface area contributed by atoms with E-state index in [4.69, 9.17) is 5.73 Å². The predicted molar refractivity (Wildman–Crippen MR) is 97.8 cm³/mol. The van der Waals surface area contributed by atoms with Crippen molar-refractivity contribution in [2.75, 3.05) is 43.3 Å². The summed E-state index contributed by atoms with van der Waals surface area (Å²) >= 11 is 1.66. The molecule has 23 heavy (non-hydrogen) atoms. The van der Waals surface area contributed by atoms with Crippen LogP contribution in [-0.2, 0) is 9.59 Å². The summed E-state index contributed by atoms with van der Waals surface area (Å²) in [7, 11) is 3.85. The fourth-order valence-corrected chi connectivity index (χ4v) is 2.29. The predicted octanol–water partition coefficient (Wildman–Crippen LogP) is 1.60. The van der Waals surface area contributed by atoms with E-state index >= 15 is 0 Å². The van der Waals surface area contributed by atoms with E-state index in [1.54, 1.807) is 36.0 Å². The number of anilines is 2. The molecule has 0 saturated heterocycles. The molecule has 128 valence electrons. The third-order valence-electron chi connectivity index (χ3n) is 3.19. The number of nitrogens with one attached hydrogen (secondary N) is 2. The molecule has 0 spiro atoms. The minimum atomic E-state index is -0.507. The number of nitrogens with zero attached hydrogens (tertiary/aromatic N) is 1. The van der Waals surface area contributed by atoms with Crippen LogP contribution in [0.5, 0.6) is 0 Å². The van der Waals surface area contributed by atoms with Crippen LogP contribution >= 0.6 is 11.8 Å². The molecule has 0 radical (unpaired) electrons. The highest BCUT2D eigenvalue weighted by atomic mass is 32.2. The van der Waals surface area contributed by atoms with Gasteiger partial charge in [0.1, 0.15) is 0 Å². The highest BCUT2D eigenvalue weighted by Crippen LogP contribution is 2.14. The average molecular weight is 338 g/mol. The summed E-state index contributed by atoms with van der Waals surface area (Å²) < 4.78 is 0. The summed E-state index contributed by atoms with van der Waals surface area (Å²) in [5.74, 6) is 0.628. The van der Waals surface area contributed by atoms with Crippen LogP contribution in [0.15, 0.2) is 24.3 Å². The van der Waals surface area contributed by atoms with Gasteiger partial charge in [-0.25, -0.2) is 0 Å². The second-order valence-electron chi connectivity index (χ2n) is 5.56. The number of amides is 2. The van der Waals surface area contributed by atoms with E-state index in [2.05, 4.69) is 10.6 Å². The molecule has 1 atom stereocenters. The monoisotopic (exact) mass is 338 g/mol. The fourth-order valence-electron chi connectivity index (χ4n) is 1.80. The summed E-state index contributed by atoms with van der Waals surface area (Å²) in [5, 5.41) is 5.60. The topological polar surface area (TPSA) is 87.5 Å². The van der Waals surface area contributed by atoms with Gasteiger partial charge in [0.05, 0.1) is 6.04 Å². The Kier molecular flexibility index (Phi) is 8.68. The van der Waals surface area contributed by atoms with E-state index in [0.29, 0.717) is 30.8 Å². The van der Waals surface area contributed by atoms with Crippen LogP contribution in [0.25, 0.3) is 0 Å². The van der Waals surface area contributed by atoms with Crippen molar-refractivity contribution in [2.24, 2.45) is 5.73 Å². The van der Waals surface area contributed by atoms with Gasteiger partial charge in [0.15, 0.2) is 0 Å². The number of nitrogens with two attached hydrogens (primary N) is 1. The highest BCUT2D eigenvalue weighted by Gasteiger charge is 2.13. The summed E-state index contributed by atoms with van der Waals surface area (Å²) in [4.78, 5) is 25.6. The Bertz CT molecular complexity index is 505. The Morgan fingerprint density at radius 3 is 2.26 bits per heavy atom. The molecule has 4 N–H and O–H groups in total. The first-order valence-electron chi connectivity index (χ1n) is 7.52. The van der Waals surface area contributed by atoms with Gasteiger partial charge in [-0.2, -0.15) is 11.8 Å². The van der Waals surface area contributed by atoms with Crippen molar-refractivity contribution in [2.45, 2.75) is 18.9 Å². The Labute approximate surface area is 142 Å². The molecule has 2 amide bonds. The molecule has 1 aromatic rings. The second kappa shape index (κ2) is 10.3. The number of hydrogen-bond donors (Lipinski definition) is 3. The van der Waals surface area contributed by atoms with Gasteiger partial charge in [-0.1, -0.05) is 0 Å². The SMILES string of the molecule is CSCC[C@H](N)C(=O)Nc1ccc(NC(=O)CCN(C)C)cc1. The summed E-state index contributed by atoms with van der Waals surface area (Å²) in [6.07, 6.45) is 3.07. The second-order valence-corrected chi connectivity index (χ2v) is 6.54. The highest BCUT2D eigenvalue weighted by molar-refractivity contribution is 7.98. The number of carbonyl (C=O) groups excluding carboxylic acids is 2. The Balaban J connectivity index is 2.46. The van der Waals surface area contributed by atoms with E-state index in [-0.39, 0.29) is 11.8 Å². The average Bonchev–Trinajstić information content (AvgIpc) is 2.52. The molecule has 0 aliphatic carbocycles. The first-order valence-corrected chi connectivity index (χ1v) is 8.91. The zero-order chi connectivity index (χ0) is 17.2. The maximum absolute atomic E-state index is 11.9. The molecule has 0 bridgehead atoms. The summed E-state index contributed by atoms with van der Waals surface area (Å²) in [6.45, 7) is 0.702. The van der Waals surface area contributed by atoms with Gasteiger partial charge >= 0.3 is 0 Å². The Morgan fingerprint density at radius 1 is 1.17 bits per heavy atom. The standard InChI is InChI=1S/C16H26N4O2S/c1-20(2)10-8-15(21)18-12-4-6-13(7-5-12)19-16(22)14(17)9-11-23-3/h4-7,14H,8-11,17H2,1-3H3,(H,18,21)(H,19,22)/t14-/m0/s1. The Morgan fingerprint density at radius 2 is 1.74 bits per heavy atom. The molecular formula is C16H26N4O2S. The molecule has 7 heteroatoms. The molecule has 0 heterocycles. The van der Waals surface area contributed by atoms with Crippen molar-refractivity contribution >= 4 is 35.0 Å². The lowest BCUT2D eigenvalue weighted by molar-refractivity contribution is -0.117. The van der Waals surface area contributed by atoms with Gasteiger partial charge in [0.25, 0.3) is 0 Å². The van der Waals surface area contributed by atoms with Crippen LogP contribution in [-0.4, -0.2) is 55.4 Å². The van der Waals surface area contributed by atoms with E-state index in [1.807, 2.05) is 25.3 Å². The van der Waals surface area contributed by atoms with E-state index in [1.165, 1.54) is 0 Å². The van der Waals surface area contributed by atoms with Crippen LogP contribution in [0.2, 0.25) is 0 Å². The molecule has 0 fully saturated rings. The molecular weight excluding hydrogens is 312 g/mol. The lowest BCUT2D eigenvalue weighted by atomic mass is 10.2. The first kappa shape index (κ1) is 19.5. The van der Waals surface area contributed by atoms with Gasteiger partial charge in [-0.05, 0) is 56.8 Å².